The first-order valence-electron chi connectivity index (χ1n) is 5.98. The molecule has 0 fully saturated rings. The van der Waals surface area contributed by atoms with Gasteiger partial charge in [0.2, 0.25) is 0 Å². The summed E-state index contributed by atoms with van der Waals surface area (Å²) in [5.41, 5.74) is 2.11. The average molecular weight is 263 g/mol. The van der Waals surface area contributed by atoms with Gasteiger partial charge in [-0.3, -0.25) is 9.67 Å². The summed E-state index contributed by atoms with van der Waals surface area (Å²) in [6, 6.07) is 6.03. The first-order chi connectivity index (χ1) is 8.67. The van der Waals surface area contributed by atoms with Gasteiger partial charge in [-0.05, 0) is 43.3 Å². The molecule has 1 N–H and O–H groups in total. The number of aromatic amines is 1. The Morgan fingerprint density at radius 2 is 2.22 bits per heavy atom. The molecule has 1 aromatic heterocycles. The van der Waals surface area contributed by atoms with E-state index in [-0.39, 0.29) is 0 Å². The molecule has 5 heteroatoms. The van der Waals surface area contributed by atoms with Crippen LogP contribution in [-0.2, 0) is 6.42 Å². The van der Waals surface area contributed by atoms with Crippen LogP contribution in [0.4, 0.5) is 0 Å². The summed E-state index contributed by atoms with van der Waals surface area (Å²) in [5.74, 6) is 1.74. The number of hydrogen-bond donors (Lipinski definition) is 1. The van der Waals surface area contributed by atoms with Crippen LogP contribution >= 0.6 is 12.2 Å². The van der Waals surface area contributed by atoms with Crippen LogP contribution in [0.25, 0.3) is 5.69 Å². The topological polar surface area (TPSA) is 42.8 Å². The third-order valence-corrected chi connectivity index (χ3v) is 3.06. The SMILES string of the molecule is CCCc1n[nH]c(=S)n1-c1cc(C)ccc1OC. The molecule has 0 amide bonds. The Morgan fingerprint density at radius 3 is 2.89 bits per heavy atom. The maximum atomic E-state index is 5.40. The molecule has 0 bridgehead atoms. The van der Waals surface area contributed by atoms with Gasteiger partial charge < -0.3 is 4.74 Å². The molecular weight excluding hydrogens is 246 g/mol. The minimum atomic E-state index is 0.599. The van der Waals surface area contributed by atoms with Crippen molar-refractivity contribution in [1.29, 1.82) is 0 Å². The number of nitrogens with zero attached hydrogens (tertiary/aromatic N) is 2. The molecule has 96 valence electrons. The highest BCUT2D eigenvalue weighted by Gasteiger charge is 2.12. The zero-order chi connectivity index (χ0) is 13.1. The lowest BCUT2D eigenvalue weighted by molar-refractivity contribution is 0.412. The molecular formula is C13H17N3OS. The third kappa shape index (κ3) is 2.31. The molecule has 0 aliphatic heterocycles. The van der Waals surface area contributed by atoms with Crippen molar-refractivity contribution in [2.45, 2.75) is 26.7 Å². The van der Waals surface area contributed by atoms with Crippen LogP contribution in [0, 0.1) is 11.7 Å². The molecule has 1 heterocycles. The van der Waals surface area contributed by atoms with Crippen LogP contribution in [0.5, 0.6) is 5.75 Å². The van der Waals surface area contributed by atoms with Gasteiger partial charge in [0.25, 0.3) is 0 Å². The number of benzene rings is 1. The van der Waals surface area contributed by atoms with Crippen LogP contribution in [0.2, 0.25) is 0 Å². The Bertz CT molecular complexity index is 601. The van der Waals surface area contributed by atoms with Crippen molar-refractivity contribution in [2.75, 3.05) is 7.11 Å². The summed E-state index contributed by atoms with van der Waals surface area (Å²) in [5, 5.41) is 7.13. The molecule has 4 nitrogen and oxygen atoms in total. The van der Waals surface area contributed by atoms with E-state index in [1.165, 1.54) is 0 Å². The number of rotatable bonds is 4. The monoisotopic (exact) mass is 263 g/mol. The molecule has 0 radical (unpaired) electrons. The van der Waals surface area contributed by atoms with E-state index in [4.69, 9.17) is 17.0 Å². The summed E-state index contributed by atoms with van der Waals surface area (Å²) in [6.07, 6.45) is 1.90. The van der Waals surface area contributed by atoms with Gasteiger partial charge in [0, 0.05) is 6.42 Å². The van der Waals surface area contributed by atoms with Crippen molar-refractivity contribution in [3.8, 4) is 11.4 Å². The number of nitrogens with one attached hydrogen (secondary N) is 1. The predicted molar refractivity (Wildman–Crippen MR) is 74.0 cm³/mol. The predicted octanol–water partition coefficient (Wildman–Crippen LogP) is 3.20. The molecule has 0 unspecified atom stereocenters. The summed E-state index contributed by atoms with van der Waals surface area (Å²) in [7, 11) is 1.66. The first-order valence-corrected chi connectivity index (χ1v) is 6.39. The van der Waals surface area contributed by atoms with Crippen molar-refractivity contribution < 1.29 is 4.74 Å². The zero-order valence-corrected chi connectivity index (χ0v) is 11.7. The van der Waals surface area contributed by atoms with Crippen LogP contribution in [0.3, 0.4) is 0 Å². The van der Waals surface area contributed by atoms with Crippen molar-refractivity contribution in [2.24, 2.45) is 0 Å². The number of aryl methyl sites for hydroxylation is 2. The molecule has 1 aromatic carbocycles. The highest BCUT2D eigenvalue weighted by atomic mass is 32.1. The molecule has 0 aliphatic carbocycles. The Morgan fingerprint density at radius 1 is 1.44 bits per heavy atom. The van der Waals surface area contributed by atoms with Gasteiger partial charge in [-0.25, -0.2) is 0 Å². The fourth-order valence-electron chi connectivity index (χ4n) is 1.94. The van der Waals surface area contributed by atoms with Crippen LogP contribution < -0.4 is 4.74 Å². The van der Waals surface area contributed by atoms with E-state index in [1.54, 1.807) is 7.11 Å². The number of ether oxygens (including phenoxy) is 1. The third-order valence-electron chi connectivity index (χ3n) is 2.79. The first kappa shape index (κ1) is 12.8. The minimum Gasteiger partial charge on any atom is -0.495 e. The van der Waals surface area contributed by atoms with E-state index in [1.807, 2.05) is 23.6 Å². The summed E-state index contributed by atoms with van der Waals surface area (Å²) in [6.45, 7) is 4.17. The standard InChI is InChI=1S/C13H17N3OS/c1-4-5-12-14-15-13(18)16(12)10-8-9(2)6-7-11(10)17-3/h6-8H,4-5H2,1-3H3,(H,15,18). The number of aromatic nitrogens is 3. The maximum Gasteiger partial charge on any atom is 0.199 e. The van der Waals surface area contributed by atoms with E-state index in [9.17, 15) is 0 Å². The Kier molecular flexibility index (Phi) is 3.81. The smallest absolute Gasteiger partial charge is 0.199 e. The van der Waals surface area contributed by atoms with Gasteiger partial charge in [0.05, 0.1) is 12.8 Å². The van der Waals surface area contributed by atoms with Gasteiger partial charge in [-0.1, -0.05) is 13.0 Å². The molecule has 0 saturated carbocycles. The second kappa shape index (κ2) is 5.35. The summed E-state index contributed by atoms with van der Waals surface area (Å²) in [4.78, 5) is 0. The highest BCUT2D eigenvalue weighted by Crippen LogP contribution is 2.25. The lowest BCUT2D eigenvalue weighted by Crippen LogP contribution is -2.04. The fourth-order valence-corrected chi connectivity index (χ4v) is 2.19. The van der Waals surface area contributed by atoms with Crippen LogP contribution in [0.15, 0.2) is 18.2 Å². The number of methoxy groups -OCH3 is 1. The van der Waals surface area contributed by atoms with Crippen molar-refractivity contribution >= 4 is 12.2 Å². The number of H-pyrrole nitrogens is 1. The molecule has 2 aromatic rings. The minimum absolute atomic E-state index is 0.599. The lowest BCUT2D eigenvalue weighted by atomic mass is 10.2. The van der Waals surface area contributed by atoms with Crippen LogP contribution in [0.1, 0.15) is 24.7 Å². The van der Waals surface area contributed by atoms with Gasteiger partial charge in [-0.2, -0.15) is 5.10 Å². The Labute approximate surface area is 112 Å². The Hall–Kier alpha value is -1.62. The molecule has 0 atom stereocenters. The second-order valence-electron chi connectivity index (χ2n) is 4.21. The molecule has 0 saturated heterocycles. The van der Waals surface area contributed by atoms with E-state index >= 15 is 0 Å². The lowest BCUT2D eigenvalue weighted by Gasteiger charge is -2.12. The van der Waals surface area contributed by atoms with E-state index in [0.717, 1.165) is 35.7 Å². The average Bonchev–Trinajstić information content (AvgIpc) is 2.71. The van der Waals surface area contributed by atoms with E-state index < -0.39 is 0 Å². The molecule has 2 rings (SSSR count). The highest BCUT2D eigenvalue weighted by molar-refractivity contribution is 7.71. The van der Waals surface area contributed by atoms with Gasteiger partial charge in [0.15, 0.2) is 4.77 Å². The summed E-state index contributed by atoms with van der Waals surface area (Å²) < 4.78 is 7.95. The quantitative estimate of drug-likeness (QED) is 0.861. The molecule has 0 aliphatic rings. The van der Waals surface area contributed by atoms with Crippen molar-refractivity contribution in [1.82, 2.24) is 14.8 Å². The molecule has 18 heavy (non-hydrogen) atoms. The maximum absolute atomic E-state index is 5.40. The van der Waals surface area contributed by atoms with Crippen LogP contribution in [-0.4, -0.2) is 21.9 Å². The normalized spacial score (nSPS) is 10.6. The largest absolute Gasteiger partial charge is 0.495 e. The van der Waals surface area contributed by atoms with E-state index in [2.05, 4.69) is 23.2 Å². The second-order valence-corrected chi connectivity index (χ2v) is 4.59. The van der Waals surface area contributed by atoms with Crippen molar-refractivity contribution in [3.63, 3.8) is 0 Å². The zero-order valence-electron chi connectivity index (χ0n) is 10.9. The molecule has 0 spiro atoms. The van der Waals surface area contributed by atoms with Gasteiger partial charge in [-0.15, -0.1) is 0 Å². The van der Waals surface area contributed by atoms with Gasteiger partial charge in [0.1, 0.15) is 11.6 Å². The van der Waals surface area contributed by atoms with Gasteiger partial charge >= 0.3 is 0 Å². The fraction of sp³-hybridized carbons (Fsp3) is 0.385. The number of hydrogen-bond acceptors (Lipinski definition) is 3. The van der Waals surface area contributed by atoms with E-state index in [0.29, 0.717) is 4.77 Å². The Balaban J connectivity index is 2.64. The van der Waals surface area contributed by atoms with Crippen molar-refractivity contribution in [3.05, 3.63) is 34.4 Å². The summed E-state index contributed by atoms with van der Waals surface area (Å²) >= 11 is 5.31.